The van der Waals surface area contributed by atoms with Crippen LogP contribution in [0.3, 0.4) is 0 Å². The van der Waals surface area contributed by atoms with Crippen LogP contribution < -0.4 is 4.74 Å². The van der Waals surface area contributed by atoms with Crippen LogP contribution in [0.2, 0.25) is 0 Å². The maximum absolute atomic E-state index is 10.5. The molecule has 0 amide bonds. The first-order valence-corrected chi connectivity index (χ1v) is 7.18. The molecule has 0 aliphatic carbocycles. The summed E-state index contributed by atoms with van der Waals surface area (Å²) in [7, 11) is 0. The summed E-state index contributed by atoms with van der Waals surface area (Å²) >= 11 is 3.52. The number of aliphatic hydroxyl groups is 1. The fraction of sp³-hybridized carbons (Fsp3) is 0.250. The van der Waals surface area contributed by atoms with Gasteiger partial charge in [0, 0.05) is 22.4 Å². The second-order valence-corrected chi connectivity index (χ2v) is 5.67. The maximum atomic E-state index is 10.5. The third kappa shape index (κ3) is 2.53. The van der Waals surface area contributed by atoms with E-state index in [9.17, 15) is 5.11 Å². The lowest BCUT2D eigenvalue weighted by atomic mass is 9.91. The molecule has 2 unspecified atom stereocenters. The highest BCUT2D eigenvalue weighted by molar-refractivity contribution is 9.10. The van der Waals surface area contributed by atoms with E-state index in [0.717, 1.165) is 21.3 Å². The third-order valence-corrected chi connectivity index (χ3v) is 4.36. The average molecular weight is 319 g/mol. The number of benzene rings is 2. The standard InChI is InChI=1S/C16H15BrO2/c17-14-7-3-1-5-11(14)9-15(18)13-10-19-16-8-4-2-6-12(13)16/h1-8,13,15,18H,9-10H2. The highest BCUT2D eigenvalue weighted by Gasteiger charge is 2.30. The van der Waals surface area contributed by atoms with Gasteiger partial charge in [0.25, 0.3) is 0 Å². The summed E-state index contributed by atoms with van der Waals surface area (Å²) in [6.07, 6.45) is 0.200. The predicted molar refractivity (Wildman–Crippen MR) is 78.5 cm³/mol. The van der Waals surface area contributed by atoms with E-state index in [4.69, 9.17) is 4.74 Å². The molecule has 1 aliphatic rings. The van der Waals surface area contributed by atoms with Crippen LogP contribution in [-0.4, -0.2) is 17.8 Å². The molecule has 3 rings (SSSR count). The van der Waals surface area contributed by atoms with Crippen LogP contribution in [-0.2, 0) is 6.42 Å². The minimum absolute atomic E-state index is 0.0586. The molecule has 98 valence electrons. The maximum Gasteiger partial charge on any atom is 0.123 e. The number of ether oxygens (including phenoxy) is 1. The normalized spacial score (nSPS) is 18.7. The Morgan fingerprint density at radius 1 is 1.16 bits per heavy atom. The molecule has 2 aromatic rings. The summed E-state index contributed by atoms with van der Waals surface area (Å²) in [5, 5.41) is 10.5. The molecule has 0 bridgehead atoms. The van der Waals surface area contributed by atoms with E-state index in [1.807, 2.05) is 48.5 Å². The number of rotatable bonds is 3. The summed E-state index contributed by atoms with van der Waals surface area (Å²) in [6.45, 7) is 0.560. The van der Waals surface area contributed by atoms with Gasteiger partial charge < -0.3 is 9.84 Å². The molecule has 0 spiro atoms. The lowest BCUT2D eigenvalue weighted by Crippen LogP contribution is -2.22. The Balaban J connectivity index is 1.79. The van der Waals surface area contributed by atoms with E-state index >= 15 is 0 Å². The zero-order valence-electron chi connectivity index (χ0n) is 10.4. The molecule has 0 saturated heterocycles. The monoisotopic (exact) mass is 318 g/mol. The molecule has 0 radical (unpaired) electrons. The smallest absolute Gasteiger partial charge is 0.123 e. The molecule has 1 aliphatic heterocycles. The Labute approximate surface area is 121 Å². The van der Waals surface area contributed by atoms with Gasteiger partial charge in [-0.05, 0) is 17.7 Å². The topological polar surface area (TPSA) is 29.5 Å². The Bertz CT molecular complexity index is 582. The van der Waals surface area contributed by atoms with E-state index in [-0.39, 0.29) is 5.92 Å². The fourth-order valence-electron chi connectivity index (χ4n) is 2.54. The predicted octanol–water partition coefficient (Wildman–Crippen LogP) is 3.53. The van der Waals surface area contributed by atoms with Gasteiger partial charge in [-0.15, -0.1) is 0 Å². The van der Waals surface area contributed by atoms with E-state index in [1.165, 1.54) is 0 Å². The van der Waals surface area contributed by atoms with Gasteiger partial charge in [-0.3, -0.25) is 0 Å². The molecular formula is C16H15BrO2. The molecule has 0 aromatic heterocycles. The van der Waals surface area contributed by atoms with Crippen molar-refractivity contribution >= 4 is 15.9 Å². The summed E-state index contributed by atoms with van der Waals surface area (Å²) in [6, 6.07) is 16.0. The van der Waals surface area contributed by atoms with Gasteiger partial charge in [0.2, 0.25) is 0 Å². The van der Waals surface area contributed by atoms with Crippen LogP contribution in [0.25, 0.3) is 0 Å². The largest absolute Gasteiger partial charge is 0.493 e. The van der Waals surface area contributed by atoms with Crippen LogP contribution in [0, 0.1) is 0 Å². The highest BCUT2D eigenvalue weighted by Crippen LogP contribution is 2.36. The first-order valence-electron chi connectivity index (χ1n) is 6.39. The Morgan fingerprint density at radius 3 is 2.74 bits per heavy atom. The van der Waals surface area contributed by atoms with E-state index < -0.39 is 6.10 Å². The molecule has 0 fully saturated rings. The Morgan fingerprint density at radius 2 is 1.89 bits per heavy atom. The molecular weight excluding hydrogens is 304 g/mol. The van der Waals surface area contributed by atoms with Crippen molar-refractivity contribution < 1.29 is 9.84 Å². The fourth-order valence-corrected chi connectivity index (χ4v) is 2.98. The number of hydrogen-bond donors (Lipinski definition) is 1. The van der Waals surface area contributed by atoms with Crippen LogP contribution >= 0.6 is 15.9 Å². The van der Waals surface area contributed by atoms with Gasteiger partial charge in [-0.2, -0.15) is 0 Å². The quantitative estimate of drug-likeness (QED) is 0.938. The van der Waals surface area contributed by atoms with Crippen LogP contribution in [0.4, 0.5) is 0 Å². The molecule has 1 heterocycles. The highest BCUT2D eigenvalue weighted by atomic mass is 79.9. The van der Waals surface area contributed by atoms with Crippen molar-refractivity contribution in [2.24, 2.45) is 0 Å². The van der Waals surface area contributed by atoms with Gasteiger partial charge in [-0.25, -0.2) is 0 Å². The number of para-hydroxylation sites is 1. The van der Waals surface area contributed by atoms with Gasteiger partial charge in [0.1, 0.15) is 5.75 Å². The first kappa shape index (κ1) is 12.7. The van der Waals surface area contributed by atoms with Crippen molar-refractivity contribution in [2.45, 2.75) is 18.4 Å². The van der Waals surface area contributed by atoms with Crippen molar-refractivity contribution in [3.63, 3.8) is 0 Å². The van der Waals surface area contributed by atoms with Crippen molar-refractivity contribution in [3.8, 4) is 5.75 Å². The lowest BCUT2D eigenvalue weighted by molar-refractivity contribution is 0.129. The van der Waals surface area contributed by atoms with Gasteiger partial charge in [-0.1, -0.05) is 52.3 Å². The molecule has 2 aromatic carbocycles. The van der Waals surface area contributed by atoms with Crippen LogP contribution in [0.5, 0.6) is 5.75 Å². The Hall–Kier alpha value is -1.32. The SMILES string of the molecule is OC(Cc1ccccc1Br)C1COc2ccccc21. The number of hydrogen-bond acceptors (Lipinski definition) is 2. The van der Waals surface area contributed by atoms with E-state index in [0.29, 0.717) is 13.0 Å². The minimum atomic E-state index is -0.428. The summed E-state index contributed by atoms with van der Waals surface area (Å²) in [5.41, 5.74) is 2.24. The van der Waals surface area contributed by atoms with Crippen molar-refractivity contribution in [1.82, 2.24) is 0 Å². The summed E-state index contributed by atoms with van der Waals surface area (Å²) < 4.78 is 6.67. The van der Waals surface area contributed by atoms with E-state index in [1.54, 1.807) is 0 Å². The third-order valence-electron chi connectivity index (χ3n) is 3.59. The van der Waals surface area contributed by atoms with Crippen molar-refractivity contribution in [1.29, 1.82) is 0 Å². The van der Waals surface area contributed by atoms with Crippen LogP contribution in [0.1, 0.15) is 17.0 Å². The molecule has 19 heavy (non-hydrogen) atoms. The van der Waals surface area contributed by atoms with Gasteiger partial charge in [0.05, 0.1) is 12.7 Å². The van der Waals surface area contributed by atoms with Crippen molar-refractivity contribution in [3.05, 3.63) is 64.1 Å². The van der Waals surface area contributed by atoms with Crippen molar-refractivity contribution in [2.75, 3.05) is 6.61 Å². The molecule has 2 nitrogen and oxygen atoms in total. The van der Waals surface area contributed by atoms with Gasteiger partial charge >= 0.3 is 0 Å². The van der Waals surface area contributed by atoms with E-state index in [2.05, 4.69) is 15.9 Å². The zero-order chi connectivity index (χ0) is 13.2. The zero-order valence-corrected chi connectivity index (χ0v) is 12.0. The molecule has 2 atom stereocenters. The number of fused-ring (bicyclic) bond motifs is 1. The summed E-state index contributed by atoms with van der Waals surface area (Å²) in [5.74, 6) is 0.960. The first-order chi connectivity index (χ1) is 9.25. The van der Waals surface area contributed by atoms with Gasteiger partial charge in [0.15, 0.2) is 0 Å². The molecule has 3 heteroatoms. The summed E-state index contributed by atoms with van der Waals surface area (Å²) in [4.78, 5) is 0. The number of aliphatic hydroxyl groups excluding tert-OH is 1. The minimum Gasteiger partial charge on any atom is -0.493 e. The molecule has 0 saturated carbocycles. The second kappa shape index (κ2) is 5.35. The average Bonchev–Trinajstić information content (AvgIpc) is 2.85. The lowest BCUT2D eigenvalue weighted by Gasteiger charge is -2.18. The number of halogens is 1. The Kier molecular flexibility index (Phi) is 3.58. The second-order valence-electron chi connectivity index (χ2n) is 4.82. The molecule has 1 N–H and O–H groups in total. The van der Waals surface area contributed by atoms with Crippen LogP contribution in [0.15, 0.2) is 53.0 Å².